The number of hydrogen-bond donors (Lipinski definition) is 1. The van der Waals surface area contributed by atoms with E-state index in [1.54, 1.807) is 0 Å². The van der Waals surface area contributed by atoms with Gasteiger partial charge < -0.3 is 19.5 Å². The van der Waals surface area contributed by atoms with Crippen molar-refractivity contribution in [1.82, 2.24) is 5.32 Å². The first-order valence-corrected chi connectivity index (χ1v) is 12.4. The van der Waals surface area contributed by atoms with Crippen molar-refractivity contribution in [2.75, 3.05) is 20.3 Å². The van der Waals surface area contributed by atoms with E-state index in [0.717, 1.165) is 61.3 Å². The van der Waals surface area contributed by atoms with Crippen LogP contribution in [0.4, 0.5) is 0 Å². The third kappa shape index (κ3) is 3.66. The number of unbranched alkanes of at least 4 members (excludes halogenated alkanes) is 1. The van der Waals surface area contributed by atoms with Crippen molar-refractivity contribution in [2.24, 2.45) is 0 Å². The Balaban J connectivity index is 1.62. The van der Waals surface area contributed by atoms with Gasteiger partial charge in [-0.1, -0.05) is 49.7 Å². The van der Waals surface area contributed by atoms with Crippen LogP contribution < -0.4 is 14.8 Å². The quantitative estimate of drug-likeness (QED) is 0.590. The minimum atomic E-state index is -0.396. The normalized spacial score (nSPS) is 28.1. The Morgan fingerprint density at radius 2 is 1.94 bits per heavy atom. The van der Waals surface area contributed by atoms with Gasteiger partial charge >= 0.3 is 0 Å². The van der Waals surface area contributed by atoms with E-state index in [0.29, 0.717) is 31.8 Å². The molecule has 1 saturated carbocycles. The van der Waals surface area contributed by atoms with Crippen LogP contribution in [0.2, 0.25) is 0 Å². The summed E-state index contributed by atoms with van der Waals surface area (Å²) in [5.41, 5.74) is 2.76. The zero-order chi connectivity index (χ0) is 22.9. The van der Waals surface area contributed by atoms with Crippen LogP contribution in [0.3, 0.4) is 0 Å². The highest BCUT2D eigenvalue weighted by Gasteiger charge is 2.65. The fourth-order valence-corrected chi connectivity index (χ4v) is 6.50. The number of Topliss-reactive ketones (excluding diaryl/α,β-unsaturated/α-hetero) is 1. The second-order valence-electron chi connectivity index (χ2n) is 9.76. The number of benzene rings is 2. The van der Waals surface area contributed by atoms with Gasteiger partial charge in [-0.2, -0.15) is 0 Å². The van der Waals surface area contributed by atoms with Gasteiger partial charge in [0.25, 0.3) is 0 Å². The minimum absolute atomic E-state index is 0.205. The highest BCUT2D eigenvalue weighted by Crippen LogP contribution is 2.60. The van der Waals surface area contributed by atoms with Crippen LogP contribution >= 0.6 is 0 Å². The zero-order valence-corrected chi connectivity index (χ0v) is 19.8. The molecule has 2 aromatic carbocycles. The number of piperidine rings is 1. The lowest BCUT2D eigenvalue weighted by Gasteiger charge is -2.62. The summed E-state index contributed by atoms with van der Waals surface area (Å²) in [6, 6.07) is 14.7. The van der Waals surface area contributed by atoms with Gasteiger partial charge in [-0.3, -0.25) is 4.79 Å². The molecule has 1 saturated heterocycles. The van der Waals surface area contributed by atoms with E-state index in [4.69, 9.17) is 14.2 Å². The standard InChI is InChI=1S/C28H35NO4/c1-3-4-16-32-26-23(33-19-20-8-6-5-7-9-20)11-10-21-17-24-28(31-2)13-12-22(30)18-27(28,25(21)26)14-15-29-24/h5-11,24,29H,3-4,12-19H2,1-2H3/t24-,27-,28-/m1/s1. The maximum absolute atomic E-state index is 12.9. The number of nitrogens with one attached hydrogen (secondary N) is 1. The number of carbonyl (C=O) groups excluding carboxylic acids is 1. The Morgan fingerprint density at radius 1 is 1.09 bits per heavy atom. The average Bonchev–Trinajstić information content (AvgIpc) is 2.83. The summed E-state index contributed by atoms with van der Waals surface area (Å²) in [7, 11) is 1.82. The number of ether oxygens (including phenoxy) is 3. The molecule has 0 unspecified atom stereocenters. The summed E-state index contributed by atoms with van der Waals surface area (Å²) in [6.07, 6.45) is 5.63. The zero-order valence-electron chi connectivity index (χ0n) is 19.8. The summed E-state index contributed by atoms with van der Waals surface area (Å²) in [5.74, 6) is 1.92. The fraction of sp³-hybridized carbons (Fsp3) is 0.536. The highest BCUT2D eigenvalue weighted by molar-refractivity contribution is 5.83. The van der Waals surface area contributed by atoms with Crippen molar-refractivity contribution < 1.29 is 19.0 Å². The van der Waals surface area contributed by atoms with Crippen LogP contribution in [0.25, 0.3) is 0 Å². The molecule has 2 bridgehead atoms. The molecule has 0 amide bonds. The number of ketones is 1. The lowest BCUT2D eigenvalue weighted by Crippen LogP contribution is -2.73. The Hall–Kier alpha value is -2.37. The third-order valence-electron chi connectivity index (χ3n) is 8.05. The predicted octanol–water partition coefficient (Wildman–Crippen LogP) is 4.74. The molecule has 5 nitrogen and oxygen atoms in total. The Labute approximate surface area is 196 Å². The van der Waals surface area contributed by atoms with Gasteiger partial charge in [0, 0.05) is 37.0 Å². The molecule has 1 N–H and O–H groups in total. The number of carbonyl (C=O) groups is 1. The van der Waals surface area contributed by atoms with Crippen LogP contribution in [-0.4, -0.2) is 37.7 Å². The number of methoxy groups -OCH3 is 1. The fourth-order valence-electron chi connectivity index (χ4n) is 6.50. The van der Waals surface area contributed by atoms with Crippen molar-refractivity contribution in [3.8, 4) is 11.5 Å². The monoisotopic (exact) mass is 449 g/mol. The molecule has 1 heterocycles. The topological polar surface area (TPSA) is 56.8 Å². The number of rotatable bonds is 8. The summed E-state index contributed by atoms with van der Waals surface area (Å²) in [6.45, 7) is 4.17. The molecule has 5 rings (SSSR count). The predicted molar refractivity (Wildman–Crippen MR) is 128 cm³/mol. The summed E-state index contributed by atoms with van der Waals surface area (Å²) >= 11 is 0. The van der Waals surface area contributed by atoms with Gasteiger partial charge in [-0.25, -0.2) is 0 Å². The second-order valence-corrected chi connectivity index (χ2v) is 9.76. The third-order valence-corrected chi connectivity index (χ3v) is 8.05. The molecule has 5 heteroatoms. The molecule has 2 aliphatic carbocycles. The van der Waals surface area contributed by atoms with E-state index in [2.05, 4.69) is 36.5 Å². The van der Waals surface area contributed by atoms with Gasteiger partial charge in [-0.05, 0) is 49.4 Å². The van der Waals surface area contributed by atoms with E-state index in [9.17, 15) is 4.79 Å². The summed E-state index contributed by atoms with van der Waals surface area (Å²) in [4.78, 5) is 12.9. The van der Waals surface area contributed by atoms with Crippen molar-refractivity contribution in [1.29, 1.82) is 0 Å². The molecule has 0 spiro atoms. The van der Waals surface area contributed by atoms with Crippen LogP contribution in [0.15, 0.2) is 42.5 Å². The first-order chi connectivity index (χ1) is 16.1. The molecule has 3 aliphatic rings. The van der Waals surface area contributed by atoms with E-state index in [1.807, 2.05) is 25.3 Å². The van der Waals surface area contributed by atoms with Crippen molar-refractivity contribution >= 4 is 5.78 Å². The first kappa shape index (κ1) is 22.4. The lowest BCUT2D eigenvalue weighted by atomic mass is 9.49. The summed E-state index contributed by atoms with van der Waals surface area (Å²) < 4.78 is 19.3. The highest BCUT2D eigenvalue weighted by atomic mass is 16.5. The maximum Gasteiger partial charge on any atom is 0.165 e. The van der Waals surface area contributed by atoms with E-state index < -0.39 is 5.60 Å². The first-order valence-electron chi connectivity index (χ1n) is 12.4. The van der Waals surface area contributed by atoms with Gasteiger partial charge in [0.1, 0.15) is 12.4 Å². The minimum Gasteiger partial charge on any atom is -0.489 e. The molecular weight excluding hydrogens is 414 g/mol. The molecule has 176 valence electrons. The largest absolute Gasteiger partial charge is 0.489 e. The molecule has 33 heavy (non-hydrogen) atoms. The summed E-state index contributed by atoms with van der Waals surface area (Å²) in [5, 5.41) is 3.72. The molecular formula is C28H35NO4. The van der Waals surface area contributed by atoms with Crippen LogP contribution in [-0.2, 0) is 28.0 Å². The molecule has 2 aromatic rings. The van der Waals surface area contributed by atoms with Crippen molar-refractivity contribution in [3.63, 3.8) is 0 Å². The van der Waals surface area contributed by atoms with E-state index >= 15 is 0 Å². The lowest BCUT2D eigenvalue weighted by molar-refractivity contribution is -0.161. The Bertz CT molecular complexity index is 1010. The van der Waals surface area contributed by atoms with Crippen molar-refractivity contribution in [2.45, 2.75) is 75.5 Å². The van der Waals surface area contributed by atoms with Crippen LogP contribution in [0.5, 0.6) is 11.5 Å². The molecule has 2 fully saturated rings. The Morgan fingerprint density at radius 3 is 2.73 bits per heavy atom. The average molecular weight is 450 g/mol. The second kappa shape index (κ2) is 9.11. The number of hydrogen-bond acceptors (Lipinski definition) is 5. The molecule has 1 aliphatic heterocycles. The van der Waals surface area contributed by atoms with Gasteiger partial charge in [-0.15, -0.1) is 0 Å². The Kier molecular flexibility index (Phi) is 6.19. The smallest absolute Gasteiger partial charge is 0.165 e. The number of fused-ring (bicyclic) bond motifs is 1. The molecule has 3 atom stereocenters. The van der Waals surface area contributed by atoms with Gasteiger partial charge in [0.2, 0.25) is 0 Å². The van der Waals surface area contributed by atoms with Crippen LogP contribution in [0.1, 0.15) is 62.1 Å². The van der Waals surface area contributed by atoms with Crippen LogP contribution in [0, 0.1) is 0 Å². The molecule has 0 aromatic heterocycles. The van der Waals surface area contributed by atoms with E-state index in [1.165, 1.54) is 5.56 Å². The van der Waals surface area contributed by atoms with Gasteiger partial charge in [0.15, 0.2) is 11.5 Å². The maximum atomic E-state index is 12.9. The SMILES string of the molecule is CCCCOc1c(OCc2ccccc2)ccc2c1[C@]13CCN[C@H](C2)[C@]1(OC)CCC(=O)C3. The van der Waals surface area contributed by atoms with Gasteiger partial charge in [0.05, 0.1) is 12.2 Å². The van der Waals surface area contributed by atoms with Crippen molar-refractivity contribution in [3.05, 3.63) is 59.2 Å². The van der Waals surface area contributed by atoms with E-state index in [-0.39, 0.29) is 11.5 Å². The molecule has 0 radical (unpaired) electrons.